The molecule has 1 aliphatic rings. The normalized spacial score (nSPS) is 21.7. The minimum atomic E-state index is -0.144. The van der Waals surface area contributed by atoms with E-state index in [0.29, 0.717) is 11.8 Å². The van der Waals surface area contributed by atoms with Gasteiger partial charge in [-0.2, -0.15) is 0 Å². The zero-order chi connectivity index (χ0) is 13.3. The van der Waals surface area contributed by atoms with Crippen molar-refractivity contribution < 1.29 is 4.39 Å². The fourth-order valence-corrected chi connectivity index (χ4v) is 2.61. The number of halogens is 1. The van der Waals surface area contributed by atoms with Crippen LogP contribution in [0.2, 0.25) is 0 Å². The molecule has 2 rings (SSSR count). The number of nitrogens with zero attached hydrogens (tertiary/aromatic N) is 1. The Balaban J connectivity index is 2.15. The summed E-state index contributed by atoms with van der Waals surface area (Å²) >= 11 is 0. The monoisotopic (exact) mass is 250 g/mol. The maximum absolute atomic E-state index is 14.1. The zero-order valence-corrected chi connectivity index (χ0v) is 11.5. The second-order valence-electron chi connectivity index (χ2n) is 5.74. The van der Waals surface area contributed by atoms with Gasteiger partial charge >= 0.3 is 0 Å². The van der Waals surface area contributed by atoms with Crippen molar-refractivity contribution in [1.29, 1.82) is 0 Å². The molecule has 0 saturated carbocycles. The highest BCUT2D eigenvalue weighted by Crippen LogP contribution is 2.30. The first-order valence-corrected chi connectivity index (χ1v) is 6.79. The van der Waals surface area contributed by atoms with E-state index >= 15 is 0 Å². The Morgan fingerprint density at radius 3 is 2.56 bits per heavy atom. The summed E-state index contributed by atoms with van der Waals surface area (Å²) in [7, 11) is 0. The first kappa shape index (κ1) is 13.3. The molecule has 1 aromatic rings. The van der Waals surface area contributed by atoms with Crippen LogP contribution in [0.15, 0.2) is 18.2 Å². The predicted molar refractivity (Wildman–Crippen MR) is 74.2 cm³/mol. The molecule has 0 radical (unpaired) electrons. The number of hydrogen-bond donors (Lipinski definition) is 1. The van der Waals surface area contributed by atoms with Crippen LogP contribution in [0.1, 0.15) is 38.8 Å². The summed E-state index contributed by atoms with van der Waals surface area (Å²) in [5.41, 5.74) is 7.35. The van der Waals surface area contributed by atoms with Crippen molar-refractivity contribution in [2.75, 3.05) is 18.0 Å². The van der Waals surface area contributed by atoms with Gasteiger partial charge in [-0.15, -0.1) is 0 Å². The molecule has 18 heavy (non-hydrogen) atoms. The lowest BCUT2D eigenvalue weighted by atomic mass is 9.95. The van der Waals surface area contributed by atoms with Crippen LogP contribution in [-0.4, -0.2) is 13.1 Å². The molecule has 2 nitrogen and oxygen atoms in total. The summed E-state index contributed by atoms with van der Waals surface area (Å²) in [4.78, 5) is 2.16. The highest BCUT2D eigenvalue weighted by molar-refractivity contribution is 5.50. The van der Waals surface area contributed by atoms with Crippen molar-refractivity contribution >= 4 is 5.69 Å². The summed E-state index contributed by atoms with van der Waals surface area (Å²) in [5.74, 6) is 1.20. The predicted octanol–water partition coefficient (Wildman–Crippen LogP) is 3.33. The molecular weight excluding hydrogens is 227 g/mol. The van der Waals surface area contributed by atoms with E-state index in [1.54, 1.807) is 6.07 Å². The van der Waals surface area contributed by atoms with Gasteiger partial charge in [-0.05, 0) is 42.9 Å². The van der Waals surface area contributed by atoms with Crippen molar-refractivity contribution in [2.45, 2.75) is 33.2 Å². The van der Waals surface area contributed by atoms with Crippen LogP contribution in [-0.2, 0) is 0 Å². The smallest absolute Gasteiger partial charge is 0.146 e. The first-order valence-electron chi connectivity index (χ1n) is 6.79. The Kier molecular flexibility index (Phi) is 3.91. The van der Waals surface area contributed by atoms with E-state index in [0.717, 1.165) is 30.8 Å². The highest BCUT2D eigenvalue weighted by atomic mass is 19.1. The fraction of sp³-hybridized carbons (Fsp3) is 0.600. The molecule has 1 aromatic carbocycles. The summed E-state index contributed by atoms with van der Waals surface area (Å²) in [5, 5.41) is 0. The molecule has 2 N–H and O–H groups in total. The number of hydrogen-bond acceptors (Lipinski definition) is 2. The molecule has 2 atom stereocenters. The maximum Gasteiger partial charge on any atom is 0.146 e. The van der Waals surface area contributed by atoms with Gasteiger partial charge in [-0.1, -0.05) is 19.9 Å². The van der Waals surface area contributed by atoms with Crippen molar-refractivity contribution in [1.82, 2.24) is 0 Å². The van der Waals surface area contributed by atoms with E-state index in [9.17, 15) is 4.39 Å². The molecular formula is C15H23FN2. The van der Waals surface area contributed by atoms with Crippen LogP contribution in [0.25, 0.3) is 0 Å². The van der Waals surface area contributed by atoms with Crippen molar-refractivity contribution in [3.8, 4) is 0 Å². The Hall–Kier alpha value is -1.09. The third-order valence-electron chi connectivity index (χ3n) is 4.01. The minimum Gasteiger partial charge on any atom is -0.369 e. The Bertz CT molecular complexity index is 415. The van der Waals surface area contributed by atoms with Gasteiger partial charge in [0.05, 0.1) is 5.69 Å². The third-order valence-corrected chi connectivity index (χ3v) is 4.01. The van der Waals surface area contributed by atoms with Crippen molar-refractivity contribution in [3.63, 3.8) is 0 Å². The lowest BCUT2D eigenvalue weighted by molar-refractivity contribution is 0.422. The number of rotatable bonds is 3. The fourth-order valence-electron chi connectivity index (χ4n) is 2.61. The molecule has 2 unspecified atom stereocenters. The van der Waals surface area contributed by atoms with Crippen LogP contribution in [0.4, 0.5) is 10.1 Å². The standard InChI is InChI=1S/C15H23FN2/c1-10(2)13-6-7-18(9-13)15-5-4-12(11(3)17)8-14(15)16/h4-5,8,10-11,13H,6-7,9,17H2,1-3H3. The highest BCUT2D eigenvalue weighted by Gasteiger charge is 2.26. The number of anilines is 1. The molecule has 1 fully saturated rings. The number of nitrogens with two attached hydrogens (primary N) is 1. The number of benzene rings is 1. The summed E-state index contributed by atoms with van der Waals surface area (Å²) in [6, 6.07) is 5.26. The topological polar surface area (TPSA) is 29.3 Å². The summed E-state index contributed by atoms with van der Waals surface area (Å²) in [6.07, 6.45) is 1.16. The average Bonchev–Trinajstić information content (AvgIpc) is 2.78. The van der Waals surface area contributed by atoms with Crippen LogP contribution < -0.4 is 10.6 Å². The zero-order valence-electron chi connectivity index (χ0n) is 11.5. The van der Waals surface area contributed by atoms with Gasteiger partial charge in [0.25, 0.3) is 0 Å². The molecule has 0 spiro atoms. The second-order valence-corrected chi connectivity index (χ2v) is 5.74. The largest absolute Gasteiger partial charge is 0.369 e. The quantitative estimate of drug-likeness (QED) is 0.891. The van der Waals surface area contributed by atoms with Gasteiger partial charge < -0.3 is 10.6 Å². The van der Waals surface area contributed by atoms with E-state index < -0.39 is 0 Å². The minimum absolute atomic E-state index is 0.115. The van der Waals surface area contributed by atoms with Gasteiger partial charge in [0.15, 0.2) is 0 Å². The molecule has 1 saturated heterocycles. The van der Waals surface area contributed by atoms with Crippen LogP contribution in [0.5, 0.6) is 0 Å². The van der Waals surface area contributed by atoms with Crippen molar-refractivity contribution in [3.05, 3.63) is 29.6 Å². The first-order chi connectivity index (χ1) is 8.49. The summed E-state index contributed by atoms with van der Waals surface area (Å²) < 4.78 is 14.1. The van der Waals surface area contributed by atoms with E-state index in [2.05, 4.69) is 18.7 Å². The lowest BCUT2D eigenvalue weighted by Gasteiger charge is -2.21. The summed E-state index contributed by atoms with van der Waals surface area (Å²) in [6.45, 7) is 8.27. The maximum atomic E-state index is 14.1. The van der Waals surface area contributed by atoms with Gasteiger partial charge in [0, 0.05) is 19.1 Å². The molecule has 100 valence electrons. The van der Waals surface area contributed by atoms with Crippen LogP contribution in [0, 0.1) is 17.7 Å². The molecule has 0 aliphatic carbocycles. The molecule has 0 aromatic heterocycles. The van der Waals surface area contributed by atoms with E-state index in [4.69, 9.17) is 5.73 Å². The Labute approximate surface area is 109 Å². The van der Waals surface area contributed by atoms with Crippen molar-refractivity contribution in [2.24, 2.45) is 17.6 Å². The second kappa shape index (κ2) is 5.27. The van der Waals surface area contributed by atoms with Crippen LogP contribution in [0.3, 0.4) is 0 Å². The van der Waals surface area contributed by atoms with Crippen LogP contribution >= 0.6 is 0 Å². The molecule has 0 bridgehead atoms. The van der Waals surface area contributed by atoms with Gasteiger partial charge in [0.2, 0.25) is 0 Å². The molecule has 1 heterocycles. The Morgan fingerprint density at radius 1 is 1.33 bits per heavy atom. The van der Waals surface area contributed by atoms with Gasteiger partial charge in [-0.3, -0.25) is 0 Å². The van der Waals surface area contributed by atoms with Gasteiger partial charge in [-0.25, -0.2) is 4.39 Å². The van der Waals surface area contributed by atoms with Gasteiger partial charge in [0.1, 0.15) is 5.82 Å². The Morgan fingerprint density at radius 2 is 2.06 bits per heavy atom. The SMILES string of the molecule is CC(N)c1ccc(N2CCC(C(C)C)C2)c(F)c1. The third kappa shape index (κ3) is 2.66. The molecule has 3 heteroatoms. The van der Waals surface area contributed by atoms with E-state index in [1.807, 2.05) is 19.1 Å². The average molecular weight is 250 g/mol. The molecule has 1 aliphatic heterocycles. The molecule has 0 amide bonds. The lowest BCUT2D eigenvalue weighted by Crippen LogP contribution is -2.22. The van der Waals surface area contributed by atoms with E-state index in [-0.39, 0.29) is 11.9 Å². The van der Waals surface area contributed by atoms with E-state index in [1.165, 1.54) is 0 Å².